The van der Waals surface area contributed by atoms with Crippen LogP contribution in [0.15, 0.2) is 47.2 Å². The second kappa shape index (κ2) is 7.48. The summed E-state index contributed by atoms with van der Waals surface area (Å²) >= 11 is 0. The molecule has 140 valence electrons. The molecule has 0 aliphatic carbocycles. The van der Waals surface area contributed by atoms with E-state index in [2.05, 4.69) is 13.2 Å². The molecular formula is C16H17FN2O7. The van der Waals surface area contributed by atoms with E-state index in [-0.39, 0.29) is 0 Å². The van der Waals surface area contributed by atoms with Gasteiger partial charge in [-0.15, -0.1) is 0 Å². The standard InChI is InChI=1S/C16H17FN2O7/c1-4-11(21)24-8-9-13(26-12(22)5-2)16(3,17)14(25-9)19-7-6-10(20)18-15(19)23/h4-7,9,13-14H,1-2,8H2,3H3,(H,18,20,23)/t9-,13?,14-,16?/m1/s1. The van der Waals surface area contributed by atoms with E-state index < -0.39 is 53.9 Å². The number of nitrogens with zero attached hydrogens (tertiary/aromatic N) is 1. The average molecular weight is 368 g/mol. The molecule has 0 spiro atoms. The van der Waals surface area contributed by atoms with Crippen LogP contribution in [0, 0.1) is 0 Å². The predicted octanol–water partition coefficient (Wildman–Crippen LogP) is -0.0108. The largest absolute Gasteiger partial charge is 0.460 e. The topological polar surface area (TPSA) is 117 Å². The number of esters is 2. The van der Waals surface area contributed by atoms with E-state index in [1.54, 1.807) is 0 Å². The Labute approximate surface area is 146 Å². The van der Waals surface area contributed by atoms with E-state index >= 15 is 4.39 Å². The lowest BCUT2D eigenvalue weighted by Crippen LogP contribution is -2.46. The van der Waals surface area contributed by atoms with Crippen molar-refractivity contribution in [3.63, 3.8) is 0 Å². The Hall–Kier alpha value is -3.01. The fourth-order valence-electron chi connectivity index (χ4n) is 2.54. The number of aromatic nitrogens is 2. The monoisotopic (exact) mass is 368 g/mol. The van der Waals surface area contributed by atoms with E-state index in [1.165, 1.54) is 0 Å². The van der Waals surface area contributed by atoms with Crippen molar-refractivity contribution in [3.05, 3.63) is 58.4 Å². The third kappa shape index (κ3) is 3.80. The van der Waals surface area contributed by atoms with Crippen LogP contribution in [0.5, 0.6) is 0 Å². The smallest absolute Gasteiger partial charge is 0.330 e. The van der Waals surface area contributed by atoms with Crippen molar-refractivity contribution in [1.29, 1.82) is 0 Å². The number of hydrogen-bond acceptors (Lipinski definition) is 7. The van der Waals surface area contributed by atoms with Crippen molar-refractivity contribution in [2.24, 2.45) is 0 Å². The molecule has 4 atom stereocenters. The molecule has 1 saturated heterocycles. The summed E-state index contributed by atoms with van der Waals surface area (Å²) in [5, 5.41) is 0. The highest BCUT2D eigenvalue weighted by molar-refractivity contribution is 5.81. The Morgan fingerprint density at radius 2 is 2.04 bits per heavy atom. The Morgan fingerprint density at radius 3 is 2.62 bits per heavy atom. The molecule has 10 heteroatoms. The Balaban J connectivity index is 2.38. The highest BCUT2D eigenvalue weighted by Gasteiger charge is 2.58. The summed E-state index contributed by atoms with van der Waals surface area (Å²) in [5.74, 6) is -1.70. The first-order valence-corrected chi connectivity index (χ1v) is 7.48. The van der Waals surface area contributed by atoms with E-state index in [9.17, 15) is 19.2 Å². The number of hydrogen-bond donors (Lipinski definition) is 1. The number of aromatic amines is 1. The zero-order chi connectivity index (χ0) is 19.5. The summed E-state index contributed by atoms with van der Waals surface area (Å²) in [6.07, 6.45) is -1.47. The van der Waals surface area contributed by atoms with Gasteiger partial charge in [-0.25, -0.2) is 18.8 Å². The Kier molecular flexibility index (Phi) is 5.56. The van der Waals surface area contributed by atoms with Crippen LogP contribution in [0.25, 0.3) is 0 Å². The van der Waals surface area contributed by atoms with E-state index in [0.29, 0.717) is 0 Å². The van der Waals surface area contributed by atoms with Gasteiger partial charge in [0.25, 0.3) is 5.56 Å². The van der Waals surface area contributed by atoms with E-state index in [4.69, 9.17) is 14.2 Å². The SMILES string of the molecule is C=CC(=O)OC[C@H]1O[C@@H](n2ccc(=O)[nH]c2=O)C(C)(F)C1OC(=O)C=C. The molecular weight excluding hydrogens is 351 g/mol. The molecule has 1 N–H and O–H groups in total. The summed E-state index contributed by atoms with van der Waals surface area (Å²) in [6.45, 7) is 7.07. The fraction of sp³-hybridized carbons (Fsp3) is 0.375. The molecule has 1 aliphatic heterocycles. The van der Waals surface area contributed by atoms with Gasteiger partial charge in [-0.3, -0.25) is 14.3 Å². The number of nitrogens with one attached hydrogen (secondary N) is 1. The Bertz CT molecular complexity index is 841. The Morgan fingerprint density at radius 1 is 1.38 bits per heavy atom. The van der Waals surface area contributed by atoms with Crippen LogP contribution < -0.4 is 11.2 Å². The number of halogens is 1. The second-order valence-corrected chi connectivity index (χ2v) is 5.59. The van der Waals surface area contributed by atoms with Gasteiger partial charge in [0.05, 0.1) is 0 Å². The number of carbonyl (C=O) groups excluding carboxylic acids is 2. The van der Waals surface area contributed by atoms with Crippen molar-refractivity contribution < 1.29 is 28.2 Å². The average Bonchev–Trinajstić information content (AvgIpc) is 2.83. The highest BCUT2D eigenvalue weighted by atomic mass is 19.1. The summed E-state index contributed by atoms with van der Waals surface area (Å²) in [5.41, 5.74) is -3.97. The number of rotatable bonds is 6. The van der Waals surface area contributed by atoms with Gasteiger partial charge in [0, 0.05) is 24.4 Å². The van der Waals surface area contributed by atoms with Gasteiger partial charge in [-0.1, -0.05) is 13.2 Å². The van der Waals surface area contributed by atoms with Crippen LogP contribution in [-0.2, 0) is 23.8 Å². The van der Waals surface area contributed by atoms with Crippen LogP contribution in [0.3, 0.4) is 0 Å². The summed E-state index contributed by atoms with van der Waals surface area (Å²) < 4.78 is 31.5. The first kappa shape index (κ1) is 19.3. The van der Waals surface area contributed by atoms with Crippen LogP contribution >= 0.6 is 0 Å². The molecule has 26 heavy (non-hydrogen) atoms. The number of alkyl halides is 1. The number of carbonyl (C=O) groups is 2. The zero-order valence-electron chi connectivity index (χ0n) is 13.8. The van der Waals surface area contributed by atoms with E-state index in [1.807, 2.05) is 4.98 Å². The van der Waals surface area contributed by atoms with Gasteiger partial charge in [-0.2, -0.15) is 0 Å². The summed E-state index contributed by atoms with van der Waals surface area (Å²) in [6, 6.07) is 1.01. The normalized spacial score (nSPS) is 27.5. The van der Waals surface area contributed by atoms with Gasteiger partial charge >= 0.3 is 17.6 Å². The minimum Gasteiger partial charge on any atom is -0.460 e. The molecule has 1 aliphatic rings. The lowest BCUT2D eigenvalue weighted by molar-refractivity contribution is -0.155. The molecule has 2 rings (SSSR count). The van der Waals surface area contributed by atoms with Gasteiger partial charge in [-0.05, 0) is 6.92 Å². The van der Waals surface area contributed by atoms with Crippen LogP contribution in [-0.4, -0.2) is 46.0 Å². The molecule has 1 aromatic rings. The summed E-state index contributed by atoms with van der Waals surface area (Å²) in [4.78, 5) is 47.9. The number of ether oxygens (including phenoxy) is 3. The molecule has 9 nitrogen and oxygen atoms in total. The third-order valence-electron chi connectivity index (χ3n) is 3.75. The second-order valence-electron chi connectivity index (χ2n) is 5.59. The maximum Gasteiger partial charge on any atom is 0.330 e. The molecule has 1 aromatic heterocycles. The molecule has 2 unspecified atom stereocenters. The van der Waals surface area contributed by atoms with Crippen molar-refractivity contribution >= 4 is 11.9 Å². The van der Waals surface area contributed by atoms with Crippen LogP contribution in [0.4, 0.5) is 4.39 Å². The quantitative estimate of drug-likeness (QED) is 0.554. The van der Waals surface area contributed by atoms with Crippen molar-refractivity contribution in [2.45, 2.75) is 31.0 Å². The lowest BCUT2D eigenvalue weighted by Gasteiger charge is -2.27. The maximum absolute atomic E-state index is 15.4. The first-order chi connectivity index (χ1) is 12.2. The van der Waals surface area contributed by atoms with Crippen LogP contribution in [0.2, 0.25) is 0 Å². The predicted molar refractivity (Wildman–Crippen MR) is 86.0 cm³/mol. The first-order valence-electron chi connectivity index (χ1n) is 7.48. The molecule has 1 fully saturated rings. The molecule has 0 aromatic carbocycles. The van der Waals surface area contributed by atoms with Gasteiger partial charge in [0.2, 0.25) is 0 Å². The molecule has 0 saturated carbocycles. The molecule has 0 radical (unpaired) electrons. The van der Waals surface area contributed by atoms with E-state index in [0.717, 1.165) is 35.9 Å². The highest BCUT2D eigenvalue weighted by Crippen LogP contribution is 2.42. The zero-order valence-corrected chi connectivity index (χ0v) is 13.8. The number of H-pyrrole nitrogens is 1. The molecule has 0 bridgehead atoms. The van der Waals surface area contributed by atoms with Gasteiger partial charge in [0.15, 0.2) is 18.0 Å². The minimum absolute atomic E-state index is 0.450. The fourth-order valence-corrected chi connectivity index (χ4v) is 2.54. The van der Waals surface area contributed by atoms with Crippen molar-refractivity contribution in [3.8, 4) is 0 Å². The minimum atomic E-state index is -2.38. The van der Waals surface area contributed by atoms with Gasteiger partial charge < -0.3 is 14.2 Å². The third-order valence-corrected chi connectivity index (χ3v) is 3.75. The molecule has 0 amide bonds. The summed E-state index contributed by atoms with van der Waals surface area (Å²) in [7, 11) is 0. The van der Waals surface area contributed by atoms with Crippen molar-refractivity contribution in [2.75, 3.05) is 6.61 Å². The maximum atomic E-state index is 15.4. The van der Waals surface area contributed by atoms with Crippen molar-refractivity contribution in [1.82, 2.24) is 9.55 Å². The molecule has 2 heterocycles. The van der Waals surface area contributed by atoms with Crippen LogP contribution in [0.1, 0.15) is 13.2 Å². The van der Waals surface area contributed by atoms with Gasteiger partial charge in [0.1, 0.15) is 12.7 Å². The lowest BCUT2D eigenvalue weighted by atomic mass is 9.98.